The first kappa shape index (κ1) is 15.3. The van der Waals surface area contributed by atoms with E-state index < -0.39 is 0 Å². The molecule has 0 radical (unpaired) electrons. The number of benzene rings is 1. The fourth-order valence-corrected chi connectivity index (χ4v) is 3.67. The molecule has 1 aliphatic rings. The van der Waals surface area contributed by atoms with Gasteiger partial charge in [0.05, 0.1) is 19.3 Å². The van der Waals surface area contributed by atoms with Crippen molar-refractivity contribution < 1.29 is 9.53 Å². The Kier molecular flexibility index (Phi) is 4.66. The van der Waals surface area contributed by atoms with Gasteiger partial charge in [0, 0.05) is 23.0 Å². The minimum atomic E-state index is -0.0563. The molecule has 1 aliphatic heterocycles. The number of anilines is 1. The molecule has 0 spiro atoms. The molecule has 6 heteroatoms. The molecule has 4 nitrogen and oxygen atoms in total. The summed E-state index contributed by atoms with van der Waals surface area (Å²) in [5, 5.41) is 5.56. The molecule has 1 aromatic heterocycles. The van der Waals surface area contributed by atoms with Crippen LogP contribution in [0, 0.1) is 0 Å². The SMILES string of the molecule is COc1ccc(Cl)cc1NC(=O)CN1CCc2sccc2C1. The van der Waals surface area contributed by atoms with Crippen molar-refractivity contribution in [2.24, 2.45) is 0 Å². The van der Waals surface area contributed by atoms with Crippen LogP contribution in [0.2, 0.25) is 5.02 Å². The van der Waals surface area contributed by atoms with Crippen LogP contribution in [0.1, 0.15) is 10.4 Å². The molecule has 0 fully saturated rings. The van der Waals surface area contributed by atoms with Gasteiger partial charge in [0.15, 0.2) is 0 Å². The van der Waals surface area contributed by atoms with Gasteiger partial charge in [-0.3, -0.25) is 9.69 Å². The number of carbonyl (C=O) groups excluding carboxylic acids is 1. The van der Waals surface area contributed by atoms with Crippen molar-refractivity contribution in [1.29, 1.82) is 0 Å². The van der Waals surface area contributed by atoms with Crippen LogP contribution in [0.4, 0.5) is 5.69 Å². The first-order valence-electron chi connectivity index (χ1n) is 7.06. The quantitative estimate of drug-likeness (QED) is 0.930. The van der Waals surface area contributed by atoms with Crippen LogP contribution in [0.25, 0.3) is 0 Å². The number of carbonyl (C=O) groups is 1. The second-order valence-corrected chi connectivity index (χ2v) is 6.66. The lowest BCUT2D eigenvalue weighted by Gasteiger charge is -2.26. The monoisotopic (exact) mass is 336 g/mol. The van der Waals surface area contributed by atoms with E-state index in [4.69, 9.17) is 16.3 Å². The summed E-state index contributed by atoms with van der Waals surface area (Å²) in [7, 11) is 1.57. The van der Waals surface area contributed by atoms with Gasteiger partial charge in [0.1, 0.15) is 5.75 Å². The van der Waals surface area contributed by atoms with Gasteiger partial charge in [-0.05, 0) is 41.6 Å². The number of methoxy groups -OCH3 is 1. The van der Waals surface area contributed by atoms with E-state index in [0.29, 0.717) is 23.0 Å². The molecule has 0 saturated heterocycles. The van der Waals surface area contributed by atoms with Crippen molar-refractivity contribution in [3.05, 3.63) is 45.1 Å². The molecule has 2 aromatic rings. The van der Waals surface area contributed by atoms with E-state index >= 15 is 0 Å². The molecule has 1 aromatic carbocycles. The second kappa shape index (κ2) is 6.69. The van der Waals surface area contributed by atoms with Crippen LogP contribution in [-0.2, 0) is 17.8 Å². The number of hydrogen-bond donors (Lipinski definition) is 1. The molecule has 0 aliphatic carbocycles. The standard InChI is InChI=1S/C16H17ClN2O2S/c1-21-14-3-2-12(17)8-13(14)18-16(20)10-19-6-4-15-11(9-19)5-7-22-15/h2-3,5,7-8H,4,6,9-10H2,1H3,(H,18,20). The zero-order valence-corrected chi connectivity index (χ0v) is 13.8. The maximum absolute atomic E-state index is 12.3. The molecule has 0 atom stereocenters. The van der Waals surface area contributed by atoms with Gasteiger partial charge in [-0.1, -0.05) is 11.6 Å². The van der Waals surface area contributed by atoms with Crippen LogP contribution < -0.4 is 10.1 Å². The van der Waals surface area contributed by atoms with Crippen molar-refractivity contribution in [2.75, 3.05) is 25.5 Å². The zero-order valence-electron chi connectivity index (χ0n) is 12.3. The Labute approximate surface area is 138 Å². The summed E-state index contributed by atoms with van der Waals surface area (Å²) in [6.07, 6.45) is 1.01. The highest BCUT2D eigenvalue weighted by Gasteiger charge is 2.19. The Morgan fingerprint density at radius 1 is 1.45 bits per heavy atom. The molecule has 22 heavy (non-hydrogen) atoms. The highest BCUT2D eigenvalue weighted by Crippen LogP contribution is 2.28. The average Bonchev–Trinajstić information content (AvgIpc) is 2.95. The van der Waals surface area contributed by atoms with Crippen molar-refractivity contribution in [3.63, 3.8) is 0 Å². The number of nitrogens with zero attached hydrogens (tertiary/aromatic N) is 1. The largest absolute Gasteiger partial charge is 0.495 e. The molecule has 1 amide bonds. The van der Waals surface area contributed by atoms with Crippen LogP contribution in [0.3, 0.4) is 0 Å². The lowest BCUT2D eigenvalue weighted by molar-refractivity contribution is -0.117. The average molecular weight is 337 g/mol. The van der Waals surface area contributed by atoms with Crippen molar-refractivity contribution in [2.45, 2.75) is 13.0 Å². The summed E-state index contributed by atoms with van der Waals surface area (Å²) in [6, 6.07) is 7.32. The number of rotatable bonds is 4. The van der Waals surface area contributed by atoms with Gasteiger partial charge in [0.25, 0.3) is 0 Å². The number of thiophene rings is 1. The molecule has 116 valence electrons. The number of hydrogen-bond acceptors (Lipinski definition) is 4. The summed E-state index contributed by atoms with van der Waals surface area (Å²) < 4.78 is 5.24. The predicted octanol–water partition coefficient (Wildman–Crippen LogP) is 3.41. The number of nitrogens with one attached hydrogen (secondary N) is 1. The van der Waals surface area contributed by atoms with Crippen LogP contribution in [0.5, 0.6) is 5.75 Å². The molecule has 0 saturated carbocycles. The molecule has 0 bridgehead atoms. The summed E-state index contributed by atoms with van der Waals surface area (Å²) in [5.74, 6) is 0.552. The van der Waals surface area contributed by atoms with Gasteiger partial charge in [-0.25, -0.2) is 0 Å². The molecular formula is C16H17ClN2O2S. The molecule has 3 rings (SSSR count). The summed E-state index contributed by atoms with van der Waals surface area (Å²) in [5.41, 5.74) is 1.94. The maximum Gasteiger partial charge on any atom is 0.238 e. The van der Waals surface area contributed by atoms with E-state index in [1.807, 2.05) is 0 Å². The van der Waals surface area contributed by atoms with Crippen molar-refractivity contribution >= 4 is 34.5 Å². The van der Waals surface area contributed by atoms with Gasteiger partial charge < -0.3 is 10.1 Å². The third kappa shape index (κ3) is 3.43. The Balaban J connectivity index is 1.63. The Morgan fingerprint density at radius 3 is 3.14 bits per heavy atom. The van der Waals surface area contributed by atoms with Crippen molar-refractivity contribution in [1.82, 2.24) is 4.90 Å². The van der Waals surface area contributed by atoms with Gasteiger partial charge in [0.2, 0.25) is 5.91 Å². The van der Waals surface area contributed by atoms with Gasteiger partial charge in [-0.15, -0.1) is 11.3 Å². The van der Waals surface area contributed by atoms with Crippen LogP contribution in [0.15, 0.2) is 29.6 Å². The van der Waals surface area contributed by atoms with E-state index in [0.717, 1.165) is 19.5 Å². The first-order chi connectivity index (χ1) is 10.7. The predicted molar refractivity (Wildman–Crippen MR) is 89.9 cm³/mol. The van der Waals surface area contributed by atoms with E-state index in [1.165, 1.54) is 10.4 Å². The highest BCUT2D eigenvalue weighted by molar-refractivity contribution is 7.10. The first-order valence-corrected chi connectivity index (χ1v) is 8.32. The molecule has 2 heterocycles. The smallest absolute Gasteiger partial charge is 0.238 e. The Morgan fingerprint density at radius 2 is 2.32 bits per heavy atom. The third-order valence-corrected chi connectivity index (χ3v) is 4.95. The number of ether oxygens (including phenoxy) is 1. The fraction of sp³-hybridized carbons (Fsp3) is 0.312. The van der Waals surface area contributed by atoms with Gasteiger partial charge >= 0.3 is 0 Å². The highest BCUT2D eigenvalue weighted by atomic mass is 35.5. The topological polar surface area (TPSA) is 41.6 Å². The van der Waals surface area contributed by atoms with E-state index in [2.05, 4.69) is 21.7 Å². The minimum absolute atomic E-state index is 0.0563. The molecule has 0 unspecified atom stereocenters. The zero-order chi connectivity index (χ0) is 15.5. The van der Waals surface area contributed by atoms with Gasteiger partial charge in [-0.2, -0.15) is 0 Å². The minimum Gasteiger partial charge on any atom is -0.495 e. The lowest BCUT2D eigenvalue weighted by Crippen LogP contribution is -2.36. The number of fused-ring (bicyclic) bond motifs is 1. The fourth-order valence-electron chi connectivity index (χ4n) is 2.61. The maximum atomic E-state index is 12.3. The second-order valence-electron chi connectivity index (χ2n) is 5.22. The third-order valence-electron chi connectivity index (χ3n) is 3.69. The summed E-state index contributed by atoms with van der Waals surface area (Å²) >= 11 is 7.77. The Bertz CT molecular complexity index is 687. The summed E-state index contributed by atoms with van der Waals surface area (Å²) in [4.78, 5) is 15.9. The molecule has 1 N–H and O–H groups in total. The summed E-state index contributed by atoms with van der Waals surface area (Å²) in [6.45, 7) is 2.11. The molecular weight excluding hydrogens is 320 g/mol. The number of halogens is 1. The van der Waals surface area contributed by atoms with E-state index in [-0.39, 0.29) is 5.91 Å². The normalized spacial score (nSPS) is 14.5. The van der Waals surface area contributed by atoms with E-state index in [1.54, 1.807) is 36.6 Å². The van der Waals surface area contributed by atoms with Crippen molar-refractivity contribution in [3.8, 4) is 5.75 Å². The Hall–Kier alpha value is -1.56. The number of amides is 1. The van der Waals surface area contributed by atoms with Crippen LogP contribution >= 0.6 is 22.9 Å². The van der Waals surface area contributed by atoms with E-state index in [9.17, 15) is 4.79 Å². The lowest BCUT2D eigenvalue weighted by atomic mass is 10.1. The van der Waals surface area contributed by atoms with Crippen LogP contribution in [-0.4, -0.2) is 31.0 Å².